The number of ether oxygens (including phenoxy) is 6. The van der Waals surface area contributed by atoms with E-state index in [9.17, 15) is 61.0 Å². The van der Waals surface area contributed by atoms with Gasteiger partial charge in [-0.1, -0.05) is 231 Å². The maximum Gasteiger partial charge on any atom is 0.220 e. The second-order valence-corrected chi connectivity index (χ2v) is 24.6. The predicted octanol–water partition coefficient (Wildman–Crippen LogP) is 8.27. The van der Waals surface area contributed by atoms with Gasteiger partial charge in [0.2, 0.25) is 5.91 Å². The van der Waals surface area contributed by atoms with Gasteiger partial charge >= 0.3 is 0 Å². The fourth-order valence-corrected chi connectivity index (χ4v) is 11.7. The molecule has 3 aliphatic heterocycles. The van der Waals surface area contributed by atoms with E-state index in [2.05, 4.69) is 31.3 Å². The maximum absolute atomic E-state index is 13.4. The summed E-state index contributed by atoms with van der Waals surface area (Å²) in [6, 6.07) is -0.969. The molecular formula is C66H123NO18. The van der Waals surface area contributed by atoms with Crippen LogP contribution in [0.3, 0.4) is 0 Å². The Balaban J connectivity index is 1.40. The quantitative estimate of drug-likeness (QED) is 0.0201. The van der Waals surface area contributed by atoms with E-state index in [1.807, 2.05) is 6.08 Å². The number of aliphatic hydroxyl groups is 11. The van der Waals surface area contributed by atoms with Crippen molar-refractivity contribution in [3.05, 3.63) is 24.3 Å². The highest BCUT2D eigenvalue weighted by molar-refractivity contribution is 5.76. The monoisotopic (exact) mass is 1220 g/mol. The summed E-state index contributed by atoms with van der Waals surface area (Å²) in [6.45, 7) is 1.74. The van der Waals surface area contributed by atoms with Gasteiger partial charge in [-0.05, 0) is 44.9 Å². The average molecular weight is 1220 g/mol. The standard InChI is InChI=1S/C66H123NO18/c1-3-5-7-9-11-13-15-17-18-19-20-21-22-23-24-25-26-27-28-29-30-32-34-36-38-40-42-44-54(72)67-49(50(71)43-41-39-37-35-33-31-16-14-12-10-8-6-4-2)48-80-64-60(78)57(75)62(52(46-69)82-64)85-66-61(79)58(76)63(53(47-70)83-66)84-65-59(77)56(74)55(73)51(45-68)81-65/h19-20,41,43,49-53,55-66,68-71,73-79H,3-18,21-40,42,44-48H2,1-2H3,(H,67,72)/b20-19-,43-41+. The zero-order valence-corrected chi connectivity index (χ0v) is 52.6. The molecule has 500 valence electrons. The molecule has 17 atom stereocenters. The van der Waals surface area contributed by atoms with Gasteiger partial charge in [0.1, 0.15) is 73.2 Å². The van der Waals surface area contributed by atoms with Crippen molar-refractivity contribution in [2.45, 2.75) is 362 Å². The molecule has 1 amide bonds. The Morgan fingerprint density at radius 1 is 0.412 bits per heavy atom. The van der Waals surface area contributed by atoms with Crippen molar-refractivity contribution in [2.75, 3.05) is 26.4 Å². The summed E-state index contributed by atoms with van der Waals surface area (Å²) in [6.07, 6.45) is 27.4. The van der Waals surface area contributed by atoms with Gasteiger partial charge in [-0.3, -0.25) is 4.79 Å². The molecule has 0 aliphatic carbocycles. The fourth-order valence-electron chi connectivity index (χ4n) is 11.7. The number of carbonyl (C=O) groups is 1. The van der Waals surface area contributed by atoms with E-state index in [1.54, 1.807) is 6.08 Å². The third-order valence-corrected chi connectivity index (χ3v) is 17.2. The van der Waals surface area contributed by atoms with Gasteiger partial charge in [0.15, 0.2) is 18.9 Å². The number of amides is 1. The van der Waals surface area contributed by atoms with E-state index in [0.717, 1.165) is 44.9 Å². The molecule has 0 spiro atoms. The van der Waals surface area contributed by atoms with Crippen LogP contribution in [0.2, 0.25) is 0 Å². The smallest absolute Gasteiger partial charge is 0.220 e. The lowest BCUT2D eigenvalue weighted by Crippen LogP contribution is -2.66. The zero-order chi connectivity index (χ0) is 61.9. The van der Waals surface area contributed by atoms with E-state index in [0.29, 0.717) is 6.42 Å². The van der Waals surface area contributed by atoms with E-state index in [4.69, 9.17) is 28.4 Å². The molecule has 0 radical (unpaired) electrons. The highest BCUT2D eigenvalue weighted by atomic mass is 16.8. The first-order valence-electron chi connectivity index (χ1n) is 34.1. The number of carbonyl (C=O) groups excluding carboxylic acids is 1. The lowest BCUT2D eigenvalue weighted by molar-refractivity contribution is -0.379. The van der Waals surface area contributed by atoms with Crippen molar-refractivity contribution < 1.29 is 89.4 Å². The number of nitrogens with one attached hydrogen (secondary N) is 1. The largest absolute Gasteiger partial charge is 0.394 e. The predicted molar refractivity (Wildman–Crippen MR) is 328 cm³/mol. The summed E-state index contributed by atoms with van der Waals surface area (Å²) >= 11 is 0. The summed E-state index contributed by atoms with van der Waals surface area (Å²) in [4.78, 5) is 13.4. The van der Waals surface area contributed by atoms with Gasteiger partial charge in [-0.25, -0.2) is 0 Å². The normalized spacial score (nSPS) is 29.1. The Morgan fingerprint density at radius 2 is 0.741 bits per heavy atom. The molecular weight excluding hydrogens is 1090 g/mol. The highest BCUT2D eigenvalue weighted by Gasteiger charge is 2.53. The fraction of sp³-hybridized carbons (Fsp3) is 0.924. The molecule has 19 nitrogen and oxygen atoms in total. The minimum Gasteiger partial charge on any atom is -0.394 e. The molecule has 3 fully saturated rings. The Morgan fingerprint density at radius 3 is 1.14 bits per heavy atom. The van der Waals surface area contributed by atoms with Crippen molar-refractivity contribution in [2.24, 2.45) is 0 Å². The molecule has 0 bridgehead atoms. The number of hydrogen-bond donors (Lipinski definition) is 12. The molecule has 0 aromatic heterocycles. The minimum absolute atomic E-state index is 0.247. The number of rotatable bonds is 52. The molecule has 0 aromatic rings. The van der Waals surface area contributed by atoms with Gasteiger partial charge in [0, 0.05) is 6.42 Å². The first kappa shape index (κ1) is 77.5. The molecule has 3 aliphatic rings. The van der Waals surface area contributed by atoms with Crippen LogP contribution in [0.25, 0.3) is 0 Å². The van der Waals surface area contributed by atoms with Gasteiger partial charge < -0.3 is 89.9 Å². The summed E-state index contributed by atoms with van der Waals surface area (Å²) in [5, 5.41) is 120. The van der Waals surface area contributed by atoms with Gasteiger partial charge in [0.25, 0.3) is 0 Å². The van der Waals surface area contributed by atoms with Gasteiger partial charge in [-0.15, -0.1) is 0 Å². The van der Waals surface area contributed by atoms with Crippen LogP contribution in [0.4, 0.5) is 0 Å². The van der Waals surface area contributed by atoms with Gasteiger partial charge in [0.05, 0.1) is 38.6 Å². The summed E-state index contributed by atoms with van der Waals surface area (Å²) in [5.74, 6) is -0.273. The SMILES string of the molecule is CCCCCCCCCC/C=C\CCCCCCCCCCCCCCCCCC(=O)NC(COC1OC(CO)C(OC2OC(CO)C(OC3OC(CO)C(O)C(O)C3O)C(O)C2O)C(O)C1O)C(O)/C=C/CCCCCCCCCCCCC. The van der Waals surface area contributed by atoms with Crippen LogP contribution in [0.15, 0.2) is 24.3 Å². The van der Waals surface area contributed by atoms with Crippen molar-refractivity contribution in [3.63, 3.8) is 0 Å². The van der Waals surface area contributed by atoms with Crippen molar-refractivity contribution in [3.8, 4) is 0 Å². The molecule has 3 rings (SSSR count). The second-order valence-electron chi connectivity index (χ2n) is 24.6. The van der Waals surface area contributed by atoms with Crippen LogP contribution in [-0.2, 0) is 33.2 Å². The topological polar surface area (TPSA) is 307 Å². The Bertz CT molecular complexity index is 1640. The van der Waals surface area contributed by atoms with E-state index >= 15 is 0 Å². The molecule has 19 heteroatoms. The van der Waals surface area contributed by atoms with E-state index in [-0.39, 0.29) is 18.9 Å². The van der Waals surface area contributed by atoms with E-state index in [1.165, 1.54) is 186 Å². The lowest BCUT2D eigenvalue weighted by atomic mass is 9.96. The van der Waals surface area contributed by atoms with Crippen LogP contribution < -0.4 is 5.32 Å². The summed E-state index contributed by atoms with van der Waals surface area (Å²) in [7, 11) is 0. The average Bonchev–Trinajstić information content (AvgIpc) is 2.72. The van der Waals surface area contributed by atoms with Crippen LogP contribution in [0.1, 0.15) is 258 Å². The Labute approximate surface area is 511 Å². The lowest BCUT2D eigenvalue weighted by Gasteiger charge is -2.48. The molecule has 3 saturated heterocycles. The molecule has 17 unspecified atom stereocenters. The number of allylic oxidation sites excluding steroid dienone is 3. The summed E-state index contributed by atoms with van der Waals surface area (Å²) < 4.78 is 34.3. The molecule has 3 heterocycles. The highest BCUT2D eigenvalue weighted by Crippen LogP contribution is 2.33. The van der Waals surface area contributed by atoms with Crippen molar-refractivity contribution in [1.82, 2.24) is 5.32 Å². The van der Waals surface area contributed by atoms with Crippen LogP contribution >= 0.6 is 0 Å². The minimum atomic E-state index is -1.98. The Hall–Kier alpha value is -1.73. The summed E-state index contributed by atoms with van der Waals surface area (Å²) in [5.41, 5.74) is 0. The van der Waals surface area contributed by atoms with Crippen molar-refractivity contribution >= 4 is 5.91 Å². The number of unbranched alkanes of at least 4 members (excludes halogenated alkanes) is 34. The van der Waals surface area contributed by atoms with Crippen molar-refractivity contribution in [1.29, 1.82) is 0 Å². The van der Waals surface area contributed by atoms with Crippen LogP contribution in [0.5, 0.6) is 0 Å². The molecule has 0 aromatic carbocycles. The van der Waals surface area contributed by atoms with Gasteiger partial charge in [-0.2, -0.15) is 0 Å². The maximum atomic E-state index is 13.4. The third kappa shape index (κ3) is 31.7. The van der Waals surface area contributed by atoms with Crippen LogP contribution in [0, 0.1) is 0 Å². The Kier molecular flexibility index (Phi) is 44.7. The zero-order valence-electron chi connectivity index (χ0n) is 52.6. The van der Waals surface area contributed by atoms with Crippen LogP contribution in [-0.4, -0.2) is 193 Å². The first-order valence-corrected chi connectivity index (χ1v) is 34.1. The number of aliphatic hydroxyl groups excluding tert-OH is 11. The van der Waals surface area contributed by atoms with E-state index < -0.39 is 124 Å². The second kappa shape index (κ2) is 49.0. The number of hydrogen-bond acceptors (Lipinski definition) is 18. The molecule has 85 heavy (non-hydrogen) atoms. The first-order chi connectivity index (χ1) is 41.3. The third-order valence-electron chi connectivity index (χ3n) is 17.2. The molecule has 12 N–H and O–H groups in total. The molecule has 0 saturated carbocycles.